The van der Waals surface area contributed by atoms with E-state index in [0.29, 0.717) is 23.1 Å². The number of anilines is 1. The van der Waals surface area contributed by atoms with E-state index in [1.54, 1.807) is 18.2 Å². The molecule has 5 nitrogen and oxygen atoms in total. The second kappa shape index (κ2) is 9.42. The summed E-state index contributed by atoms with van der Waals surface area (Å²) in [6.45, 7) is 4.74. The van der Waals surface area contributed by atoms with E-state index < -0.39 is 0 Å². The summed E-state index contributed by atoms with van der Waals surface area (Å²) in [6.07, 6.45) is 10.1. The zero-order valence-corrected chi connectivity index (χ0v) is 17.3. The highest BCUT2D eigenvalue weighted by molar-refractivity contribution is 6.34. The summed E-state index contributed by atoms with van der Waals surface area (Å²) in [5, 5.41) is 0.470. The van der Waals surface area contributed by atoms with Gasteiger partial charge in [0, 0.05) is 43.2 Å². The van der Waals surface area contributed by atoms with Crippen LogP contribution in [-0.4, -0.2) is 48.5 Å². The average Bonchev–Trinajstić information content (AvgIpc) is 3.15. The number of likely N-dealkylation sites (tertiary alicyclic amines) is 1. The van der Waals surface area contributed by atoms with Gasteiger partial charge in [0.15, 0.2) is 5.78 Å². The van der Waals surface area contributed by atoms with Crippen LogP contribution in [0.1, 0.15) is 35.2 Å². The van der Waals surface area contributed by atoms with Crippen molar-refractivity contribution < 1.29 is 9.53 Å². The molecule has 0 N–H and O–H groups in total. The molecule has 152 valence electrons. The SMILES string of the molecule is O=C(/C=C/N1CCc2cnc(OCCN3CCCCC3)cc21)c1ccccc1Cl. The van der Waals surface area contributed by atoms with Crippen molar-refractivity contribution >= 4 is 23.1 Å². The number of benzene rings is 1. The molecule has 0 radical (unpaired) electrons. The number of carbonyl (C=O) groups is 1. The highest BCUT2D eigenvalue weighted by Crippen LogP contribution is 2.30. The van der Waals surface area contributed by atoms with Gasteiger partial charge < -0.3 is 9.64 Å². The zero-order chi connectivity index (χ0) is 20.1. The zero-order valence-electron chi connectivity index (χ0n) is 16.5. The van der Waals surface area contributed by atoms with Crippen LogP contribution in [0, 0.1) is 0 Å². The minimum absolute atomic E-state index is 0.101. The van der Waals surface area contributed by atoms with Crippen molar-refractivity contribution in [1.82, 2.24) is 9.88 Å². The number of ether oxygens (including phenoxy) is 1. The largest absolute Gasteiger partial charge is 0.476 e. The second-order valence-corrected chi connectivity index (χ2v) is 7.91. The summed E-state index contributed by atoms with van der Waals surface area (Å²) in [4.78, 5) is 21.4. The van der Waals surface area contributed by atoms with Gasteiger partial charge in [-0.25, -0.2) is 4.98 Å². The molecular weight excluding hydrogens is 386 g/mol. The van der Waals surface area contributed by atoms with Crippen LogP contribution in [0.5, 0.6) is 5.88 Å². The van der Waals surface area contributed by atoms with Gasteiger partial charge in [0.2, 0.25) is 5.88 Å². The monoisotopic (exact) mass is 411 g/mol. The lowest BCUT2D eigenvalue weighted by atomic mass is 10.1. The van der Waals surface area contributed by atoms with Crippen LogP contribution in [-0.2, 0) is 6.42 Å². The van der Waals surface area contributed by atoms with E-state index in [4.69, 9.17) is 16.3 Å². The molecule has 6 heteroatoms. The van der Waals surface area contributed by atoms with Crippen molar-refractivity contribution in [3.63, 3.8) is 0 Å². The van der Waals surface area contributed by atoms with Crippen LogP contribution < -0.4 is 9.64 Å². The molecule has 0 atom stereocenters. The fraction of sp³-hybridized carbons (Fsp3) is 0.391. The van der Waals surface area contributed by atoms with Crippen molar-refractivity contribution in [3.8, 4) is 5.88 Å². The Bertz CT molecular complexity index is 893. The van der Waals surface area contributed by atoms with Gasteiger partial charge in [-0.2, -0.15) is 0 Å². The van der Waals surface area contributed by atoms with Gasteiger partial charge in [-0.15, -0.1) is 0 Å². The van der Waals surface area contributed by atoms with Gasteiger partial charge in [0.1, 0.15) is 6.61 Å². The molecule has 2 aliphatic rings. The van der Waals surface area contributed by atoms with Gasteiger partial charge >= 0.3 is 0 Å². The highest BCUT2D eigenvalue weighted by atomic mass is 35.5. The third kappa shape index (κ3) is 4.98. The number of carbonyl (C=O) groups excluding carboxylic acids is 1. The lowest BCUT2D eigenvalue weighted by Gasteiger charge is -2.26. The Labute approximate surface area is 176 Å². The molecular formula is C23H26ClN3O2. The third-order valence-corrected chi connectivity index (χ3v) is 5.85. The Balaban J connectivity index is 1.38. The van der Waals surface area contributed by atoms with E-state index in [2.05, 4.69) is 14.8 Å². The smallest absolute Gasteiger partial charge is 0.215 e. The van der Waals surface area contributed by atoms with Crippen molar-refractivity contribution in [1.29, 1.82) is 0 Å². The molecule has 3 heterocycles. The summed E-state index contributed by atoms with van der Waals surface area (Å²) >= 11 is 6.12. The van der Waals surface area contributed by atoms with E-state index in [-0.39, 0.29) is 5.78 Å². The standard InChI is InChI=1S/C23H26ClN3O2/c24-20-7-3-2-6-19(20)22(28)9-13-27-12-8-18-17-25-23(16-21(18)27)29-15-14-26-10-4-1-5-11-26/h2-3,6-7,9,13,16-17H,1,4-5,8,10-12,14-15H2/b13-9+. The van der Waals surface area contributed by atoms with Crippen LogP contribution in [0.25, 0.3) is 0 Å². The first-order valence-corrected chi connectivity index (χ1v) is 10.7. The number of rotatable bonds is 7. The molecule has 2 aliphatic heterocycles. The van der Waals surface area contributed by atoms with Crippen molar-refractivity contribution in [2.24, 2.45) is 0 Å². The topological polar surface area (TPSA) is 45.7 Å². The molecule has 2 aromatic rings. The van der Waals surface area contributed by atoms with E-state index in [1.807, 2.05) is 30.6 Å². The van der Waals surface area contributed by atoms with Crippen LogP contribution >= 0.6 is 11.6 Å². The molecule has 0 amide bonds. The molecule has 4 rings (SSSR count). The molecule has 0 aliphatic carbocycles. The molecule has 1 saturated heterocycles. The third-order valence-electron chi connectivity index (χ3n) is 5.52. The molecule has 0 bridgehead atoms. The summed E-state index contributed by atoms with van der Waals surface area (Å²) in [6, 6.07) is 9.08. The van der Waals surface area contributed by atoms with E-state index in [9.17, 15) is 4.79 Å². The van der Waals surface area contributed by atoms with Crippen LogP contribution in [0.3, 0.4) is 0 Å². The Morgan fingerprint density at radius 1 is 1.17 bits per heavy atom. The quantitative estimate of drug-likeness (QED) is 0.500. The number of pyridine rings is 1. The molecule has 1 aromatic carbocycles. The van der Waals surface area contributed by atoms with Crippen molar-refractivity contribution in [3.05, 3.63) is 65.0 Å². The Morgan fingerprint density at radius 2 is 2.00 bits per heavy atom. The molecule has 1 fully saturated rings. The Kier molecular flexibility index (Phi) is 6.47. The fourth-order valence-corrected chi connectivity index (χ4v) is 4.11. The predicted molar refractivity (Wildman–Crippen MR) is 116 cm³/mol. The van der Waals surface area contributed by atoms with E-state index in [1.165, 1.54) is 37.9 Å². The lowest BCUT2D eigenvalue weighted by molar-refractivity contribution is 0.104. The summed E-state index contributed by atoms with van der Waals surface area (Å²) < 4.78 is 5.91. The predicted octanol–water partition coefficient (Wildman–Crippen LogP) is 4.36. The molecule has 1 aromatic heterocycles. The van der Waals surface area contributed by atoms with Crippen LogP contribution in [0.4, 0.5) is 5.69 Å². The minimum atomic E-state index is -0.101. The Morgan fingerprint density at radius 3 is 2.83 bits per heavy atom. The maximum Gasteiger partial charge on any atom is 0.215 e. The molecule has 0 spiro atoms. The minimum Gasteiger partial charge on any atom is -0.476 e. The molecule has 0 saturated carbocycles. The number of nitrogens with zero attached hydrogens (tertiary/aromatic N) is 3. The summed E-state index contributed by atoms with van der Waals surface area (Å²) in [5.74, 6) is 0.537. The van der Waals surface area contributed by atoms with Gasteiger partial charge in [0.25, 0.3) is 0 Å². The maximum atomic E-state index is 12.5. The first kappa shape index (κ1) is 19.9. The number of halogens is 1. The van der Waals surface area contributed by atoms with E-state index in [0.717, 1.165) is 25.2 Å². The number of fused-ring (bicyclic) bond motifs is 1. The van der Waals surface area contributed by atoms with Crippen LogP contribution in [0.15, 0.2) is 48.8 Å². The normalized spacial score (nSPS) is 16.9. The number of aromatic nitrogens is 1. The first-order chi connectivity index (χ1) is 14.2. The first-order valence-electron chi connectivity index (χ1n) is 10.3. The lowest BCUT2D eigenvalue weighted by Crippen LogP contribution is -2.33. The number of hydrogen-bond acceptors (Lipinski definition) is 5. The van der Waals surface area contributed by atoms with Crippen molar-refractivity contribution in [2.75, 3.05) is 37.7 Å². The number of hydrogen-bond donors (Lipinski definition) is 0. The maximum absolute atomic E-state index is 12.5. The fourth-order valence-electron chi connectivity index (χ4n) is 3.88. The average molecular weight is 412 g/mol. The number of allylic oxidation sites excluding steroid dienone is 1. The highest BCUT2D eigenvalue weighted by Gasteiger charge is 2.19. The summed E-state index contributed by atoms with van der Waals surface area (Å²) in [5.41, 5.74) is 2.74. The molecule has 0 unspecified atom stereocenters. The van der Waals surface area contributed by atoms with Gasteiger partial charge in [-0.1, -0.05) is 30.2 Å². The summed E-state index contributed by atoms with van der Waals surface area (Å²) in [7, 11) is 0. The van der Waals surface area contributed by atoms with Crippen LogP contribution in [0.2, 0.25) is 5.02 Å². The van der Waals surface area contributed by atoms with Gasteiger partial charge in [0.05, 0.1) is 10.7 Å². The van der Waals surface area contributed by atoms with Gasteiger partial charge in [-0.05, 0) is 50.0 Å². The second-order valence-electron chi connectivity index (χ2n) is 7.51. The number of ketones is 1. The van der Waals surface area contributed by atoms with Gasteiger partial charge in [-0.3, -0.25) is 9.69 Å². The Hall–Kier alpha value is -2.37. The van der Waals surface area contributed by atoms with E-state index >= 15 is 0 Å². The van der Waals surface area contributed by atoms with Crippen molar-refractivity contribution in [2.45, 2.75) is 25.7 Å². The number of piperidine rings is 1. The molecule has 29 heavy (non-hydrogen) atoms.